The van der Waals surface area contributed by atoms with E-state index < -0.39 is 0 Å². The van der Waals surface area contributed by atoms with Gasteiger partial charge < -0.3 is 89.0 Å². The predicted octanol–water partition coefficient (Wildman–Crippen LogP) is 16.0. The number of rotatable bonds is 6. The van der Waals surface area contributed by atoms with Gasteiger partial charge in [-0.25, -0.2) is 22.1 Å². The average molecular weight is 1780 g/mol. The van der Waals surface area contributed by atoms with E-state index in [1.165, 1.54) is 40.7 Å². The van der Waals surface area contributed by atoms with Crippen molar-refractivity contribution in [3.05, 3.63) is 415 Å². The summed E-state index contributed by atoms with van der Waals surface area (Å²) in [4.78, 5) is 37.9. The normalized spacial score (nSPS) is 7.88. The van der Waals surface area contributed by atoms with E-state index in [0.29, 0.717) is 11.3 Å². The summed E-state index contributed by atoms with van der Waals surface area (Å²) < 4.78 is 0. The Morgan fingerprint density at radius 1 is 0.366 bits per heavy atom. The summed E-state index contributed by atoms with van der Waals surface area (Å²) in [5.74, 6) is 0. The molecule has 0 aliphatic heterocycles. The van der Waals surface area contributed by atoms with Crippen molar-refractivity contribution < 1.29 is 196 Å². The molecule has 0 aliphatic carbocycles. The van der Waals surface area contributed by atoms with Gasteiger partial charge in [0.05, 0.1) is 28.9 Å². The molecule has 0 bridgehead atoms. The van der Waals surface area contributed by atoms with Crippen LogP contribution in [0.3, 0.4) is 0 Å². The van der Waals surface area contributed by atoms with Crippen LogP contribution in [-0.2, 0) is 196 Å². The molecule has 8 heterocycles. The van der Waals surface area contributed by atoms with Gasteiger partial charge in [0.1, 0.15) is 6.33 Å². The van der Waals surface area contributed by atoms with E-state index in [0.717, 1.165) is 46.8 Å². The maximum atomic E-state index is 8.38. The first-order chi connectivity index (χ1) is 46.9. The Morgan fingerprint density at radius 3 is 1.11 bits per heavy atom. The molecule has 0 atom stereocenters. The molecule has 1 N–H and O–H groups in total. The van der Waals surface area contributed by atoms with Crippen LogP contribution in [0.5, 0.6) is 0 Å². The number of hydrogen-bond donors (Lipinski definition) is 1. The third-order valence-electron chi connectivity index (χ3n) is 9.64. The molecule has 0 amide bonds. The molecule has 101 heavy (non-hydrogen) atoms. The molecule has 8 aromatic heterocycles. The van der Waals surface area contributed by atoms with E-state index in [1.54, 1.807) is 123 Å². The molecule has 0 saturated heterocycles. The largest absolute Gasteiger partial charge is 0.911 e. The quantitative estimate of drug-likeness (QED) is 0.0702. The fourth-order valence-corrected chi connectivity index (χ4v) is 5.64. The molecule has 0 aliphatic rings. The number of hydrogen-bond acceptors (Lipinski definition) is 15. The third kappa shape index (κ3) is 64.8. The maximum absolute atomic E-state index is 8.38. The molecule has 19 nitrogen and oxygen atoms in total. The minimum Gasteiger partial charge on any atom is -0.911 e. The molecule has 0 saturated carbocycles. The molecule has 6 aromatic carbocycles. The molecular weight excluding hydrogens is 1710 g/mol. The van der Waals surface area contributed by atoms with Crippen LogP contribution in [-0.4, -0.2) is 89.6 Å². The van der Waals surface area contributed by atoms with Gasteiger partial charge in [-0.15, -0.1) is 42.5 Å². The summed E-state index contributed by atoms with van der Waals surface area (Å²) in [6.07, 6.45) is 38.2. The van der Waals surface area contributed by atoms with Gasteiger partial charge in [-0.3, -0.25) is 53.8 Å². The first-order valence-corrected chi connectivity index (χ1v) is 27.8. The standard InChI is InChI=1S/2C9H7N.C8H6N2.C8H6.C7H5N.C6H4N2.C5H5N.3C4H4N2.C4H4.2C3H3N.C2H3N3.6Y/c1-2-6-9-8(4-1)5-3-7-10-9;1-2-4-9-7-10-6-5-8(9)3-1;1-2-4-8-7(3-1)9-5-6-10-8;1-2-8-6-4-3-5-7-8;8-6-7-4-2-1-3-5-7;7-8-6-4-2-1-3-5-6;1-2-4-6-5-3-1;1-2-6-4-3-5-1;1-2-5-4-6-3-1;1-2-4-6-5-3-1;2*1-3-4-2;1-2-3-4;1-2-4-5-3-1;;;;;;/h2*1-7H;1-6H;1-6H;1-4,6H;1-4H;1-5H;3*1-4H;1-4H;2*1-3H;1-2H,(H,3,4,5);;;;;;/q;;;3*-2;;;;;3*-2;;;;;;;. The SMILES string of the molecule is [CH-]=CC=[CH-].[CH-]=CC=[N-].[CH-]=CN=[CH-].[CH-]=Cc1[c-]cccc1.[N-]=Cc1[c-]cccc1.[N-]=Nc1[c-]cccc1.[Y].[Y].[Y].[Y].[Y].[Y].c1ccc2cnccc2c1.c1ccc2ncccc2c1.c1ccc2nccnc2c1.c1ccncc1.c1ccnnc1.c1cn[nH]n1.c1cnccn1.c1cncnc1. The van der Waals surface area contributed by atoms with Crippen molar-refractivity contribution in [3.8, 4) is 0 Å². The molecule has 494 valence electrons. The zero-order valence-electron chi connectivity index (χ0n) is 55.0. The average Bonchev–Trinajstić information content (AvgIpc) is 1.05. The van der Waals surface area contributed by atoms with Gasteiger partial charge >= 0.3 is 0 Å². The summed E-state index contributed by atoms with van der Waals surface area (Å²) >= 11 is 0. The molecule has 14 aromatic rings. The number of para-hydroxylation sites is 3. The Kier molecular flexibility index (Phi) is 86.9. The molecule has 25 heteroatoms. The van der Waals surface area contributed by atoms with Gasteiger partial charge in [-0.1, -0.05) is 72.4 Å². The van der Waals surface area contributed by atoms with Gasteiger partial charge in [0, 0.05) is 295 Å². The van der Waals surface area contributed by atoms with Crippen molar-refractivity contribution in [2.45, 2.75) is 0 Å². The summed E-state index contributed by atoms with van der Waals surface area (Å²) in [5.41, 5.74) is 13.2. The number of H-pyrrole nitrogens is 1. The maximum Gasteiger partial charge on any atom is 0.115 e. The fraction of sp³-hybridized carbons (Fsp3) is 0. The molecular formula is C76H65N19Y6-12. The number of allylic oxidation sites excluding steroid dienone is 3. The summed E-state index contributed by atoms with van der Waals surface area (Å²) in [7, 11) is 0. The molecule has 14 rings (SSSR count). The smallest absolute Gasteiger partial charge is 0.115 e. The Labute approximate surface area is 744 Å². The van der Waals surface area contributed by atoms with Crippen LogP contribution in [0.1, 0.15) is 11.1 Å². The van der Waals surface area contributed by atoms with E-state index in [1.807, 2.05) is 158 Å². The number of aromatic amines is 1. The number of aliphatic imine (C=N–C) groups is 1. The minimum atomic E-state index is 0. The van der Waals surface area contributed by atoms with Crippen molar-refractivity contribution in [3.63, 3.8) is 0 Å². The van der Waals surface area contributed by atoms with E-state index >= 15 is 0 Å². The molecule has 0 fully saturated rings. The fourth-order valence-electron chi connectivity index (χ4n) is 5.64. The van der Waals surface area contributed by atoms with E-state index in [-0.39, 0.29) is 196 Å². The first kappa shape index (κ1) is 105. The van der Waals surface area contributed by atoms with Crippen LogP contribution in [0.2, 0.25) is 0 Å². The number of fused-ring (bicyclic) bond motifs is 3. The van der Waals surface area contributed by atoms with Crippen LogP contribution in [0.15, 0.2) is 346 Å². The first-order valence-electron chi connectivity index (χ1n) is 27.8. The number of benzene rings is 6. The van der Waals surface area contributed by atoms with Gasteiger partial charge in [0.2, 0.25) is 0 Å². The van der Waals surface area contributed by atoms with Crippen molar-refractivity contribution in [2.75, 3.05) is 0 Å². The van der Waals surface area contributed by atoms with Crippen molar-refractivity contribution >= 4 is 63.6 Å². The molecule has 6 radical (unpaired) electrons. The number of nitrogens with one attached hydrogen (secondary N) is 1. The Bertz CT molecular complexity index is 3300. The zero-order chi connectivity index (χ0) is 68.6. The summed E-state index contributed by atoms with van der Waals surface area (Å²) in [6.45, 7) is 28.3. The topological polar surface area (TPSA) is 275 Å². The molecule has 0 spiro atoms. The zero-order valence-corrected chi connectivity index (χ0v) is 72.0. The van der Waals surface area contributed by atoms with Crippen LogP contribution < -0.4 is 0 Å². The van der Waals surface area contributed by atoms with Crippen LogP contribution in [0, 0.1) is 51.1 Å². The second-order valence-corrected chi connectivity index (χ2v) is 16.2. The number of pyridine rings is 3. The monoisotopic (exact) mass is 1780 g/mol. The Morgan fingerprint density at radius 2 is 0.802 bits per heavy atom. The second-order valence-electron chi connectivity index (χ2n) is 16.2. The van der Waals surface area contributed by atoms with Gasteiger partial charge in [0.15, 0.2) is 0 Å². The van der Waals surface area contributed by atoms with E-state index in [2.05, 4.69) is 143 Å². The number of nitrogens with zero attached hydrogens (tertiary/aromatic N) is 18. The second kappa shape index (κ2) is 83.6. The van der Waals surface area contributed by atoms with Gasteiger partial charge in [-0.2, -0.15) is 74.3 Å². The Hall–Kier alpha value is -7.06. The van der Waals surface area contributed by atoms with E-state index in [4.69, 9.17) is 36.1 Å². The Balaban J connectivity index is -0.000000242. The third-order valence-corrected chi connectivity index (χ3v) is 9.64. The number of aromatic nitrogens is 14. The van der Waals surface area contributed by atoms with Gasteiger partial charge in [-0.05, 0) is 71.4 Å². The van der Waals surface area contributed by atoms with Gasteiger partial charge in [0.25, 0.3) is 0 Å². The van der Waals surface area contributed by atoms with Crippen LogP contribution in [0.4, 0.5) is 5.69 Å². The van der Waals surface area contributed by atoms with Crippen molar-refractivity contribution in [1.29, 1.82) is 0 Å². The van der Waals surface area contributed by atoms with Crippen LogP contribution >= 0.6 is 0 Å². The summed E-state index contributed by atoms with van der Waals surface area (Å²) in [6, 6.07) is 71.4. The summed E-state index contributed by atoms with van der Waals surface area (Å²) in [5, 5.41) is 38.9. The van der Waals surface area contributed by atoms with E-state index in [9.17, 15) is 0 Å². The van der Waals surface area contributed by atoms with Crippen molar-refractivity contribution in [1.82, 2.24) is 70.5 Å². The molecule has 0 unspecified atom stereocenters. The predicted molar refractivity (Wildman–Crippen MR) is 382 cm³/mol. The minimum absolute atomic E-state index is 0. The van der Waals surface area contributed by atoms with Crippen LogP contribution in [0.25, 0.3) is 55.1 Å². The van der Waals surface area contributed by atoms with Crippen molar-refractivity contribution in [2.24, 2.45) is 10.1 Å².